The average Bonchev–Trinajstić information content (AvgIpc) is 2.79. The largest absolute Gasteiger partial charge is 0.393 e. The summed E-state index contributed by atoms with van der Waals surface area (Å²) in [6, 6.07) is 7.93. The van der Waals surface area contributed by atoms with Crippen molar-refractivity contribution in [2.75, 3.05) is 11.9 Å². The summed E-state index contributed by atoms with van der Waals surface area (Å²) in [6.45, 7) is 2.95. The molecule has 6 nitrogen and oxygen atoms in total. The van der Waals surface area contributed by atoms with E-state index in [0.29, 0.717) is 24.4 Å². The van der Waals surface area contributed by atoms with Crippen LogP contribution < -0.4 is 10.6 Å². The molecule has 6 aliphatic rings. The standard InChI is InChI=1S/C26H35N3O3/c1-25-12-10-16(26(15-25)27-20-8-4-2-6-17(20)23(31)28-26)14-19(25)24(32)29-13-11-22(30)18-7-3-5-9-21(18)29/h2,4,6,8,16,18-19,21-22,27,30H,3,5,7,9-15H2,1H3,(H,28,31)/t16-,18+,19-,21+,22+,25+,26+/m1/s1. The van der Waals surface area contributed by atoms with Crippen LogP contribution in [0.4, 0.5) is 5.69 Å². The van der Waals surface area contributed by atoms with Crippen LogP contribution in [-0.4, -0.2) is 46.2 Å². The van der Waals surface area contributed by atoms with Gasteiger partial charge in [0, 0.05) is 36.0 Å². The van der Waals surface area contributed by atoms with Gasteiger partial charge in [0.15, 0.2) is 0 Å². The lowest BCUT2D eigenvalue weighted by Gasteiger charge is -2.61. The van der Waals surface area contributed by atoms with E-state index in [2.05, 4.69) is 22.5 Å². The summed E-state index contributed by atoms with van der Waals surface area (Å²) in [6.07, 6.45) is 8.50. The van der Waals surface area contributed by atoms with E-state index in [4.69, 9.17) is 0 Å². The first kappa shape index (κ1) is 20.5. The maximum absolute atomic E-state index is 14.0. The number of piperidine rings is 1. The Hall–Kier alpha value is -2.08. The molecule has 1 spiro atoms. The van der Waals surface area contributed by atoms with Crippen molar-refractivity contribution in [3.63, 3.8) is 0 Å². The third-order valence-corrected chi connectivity index (χ3v) is 9.59. The number of anilines is 1. The van der Waals surface area contributed by atoms with Crippen molar-refractivity contribution in [1.29, 1.82) is 0 Å². The summed E-state index contributed by atoms with van der Waals surface area (Å²) in [4.78, 5) is 29.1. The average molecular weight is 438 g/mol. The number of amides is 2. The van der Waals surface area contributed by atoms with Gasteiger partial charge in [-0.25, -0.2) is 0 Å². The highest BCUT2D eigenvalue weighted by molar-refractivity contribution is 6.02. The first-order valence-corrected chi connectivity index (χ1v) is 12.6. The van der Waals surface area contributed by atoms with Crippen molar-refractivity contribution < 1.29 is 14.7 Å². The normalized spacial score (nSPS) is 42.6. The number of carbonyl (C=O) groups excluding carboxylic acids is 2. The van der Waals surface area contributed by atoms with Gasteiger partial charge in [-0.1, -0.05) is 31.9 Å². The van der Waals surface area contributed by atoms with Crippen LogP contribution in [0.3, 0.4) is 0 Å². The van der Waals surface area contributed by atoms with E-state index in [9.17, 15) is 14.7 Å². The quantitative estimate of drug-likeness (QED) is 0.628. The van der Waals surface area contributed by atoms with E-state index in [1.807, 2.05) is 24.3 Å². The smallest absolute Gasteiger partial charge is 0.255 e. The van der Waals surface area contributed by atoms with Crippen molar-refractivity contribution in [3.8, 4) is 0 Å². The van der Waals surface area contributed by atoms with Gasteiger partial charge in [-0.2, -0.15) is 0 Å². The van der Waals surface area contributed by atoms with Crippen LogP contribution in [0.15, 0.2) is 24.3 Å². The molecule has 2 bridgehead atoms. The second-order valence-corrected chi connectivity index (χ2v) is 11.4. The van der Waals surface area contributed by atoms with E-state index in [1.54, 1.807) is 0 Å². The van der Waals surface area contributed by atoms with Gasteiger partial charge in [0.1, 0.15) is 5.66 Å². The van der Waals surface area contributed by atoms with Gasteiger partial charge in [0.25, 0.3) is 5.91 Å². The monoisotopic (exact) mass is 437 g/mol. The second kappa shape index (κ2) is 7.21. The summed E-state index contributed by atoms with van der Waals surface area (Å²) >= 11 is 0. The lowest BCUT2D eigenvalue weighted by atomic mass is 9.51. The van der Waals surface area contributed by atoms with Gasteiger partial charge < -0.3 is 20.6 Å². The van der Waals surface area contributed by atoms with Gasteiger partial charge in [-0.3, -0.25) is 9.59 Å². The SMILES string of the molecule is C[C@@]12CC[C@H](C[C@@H]1C(=O)N1CC[C@H](O)[C@H]3CCCC[C@@H]31)[C@]1(C2)NC(=O)c2ccccc2N1. The third kappa shape index (κ3) is 2.94. The highest BCUT2D eigenvalue weighted by Crippen LogP contribution is 2.59. The van der Waals surface area contributed by atoms with Crippen molar-refractivity contribution in [3.05, 3.63) is 29.8 Å². The Labute approximate surface area is 190 Å². The molecule has 7 rings (SSSR count). The first-order valence-electron chi connectivity index (χ1n) is 12.6. The Morgan fingerprint density at radius 3 is 2.78 bits per heavy atom. The Morgan fingerprint density at radius 2 is 1.94 bits per heavy atom. The lowest BCUT2D eigenvalue weighted by Crippen LogP contribution is -2.70. The highest BCUT2D eigenvalue weighted by atomic mass is 16.3. The van der Waals surface area contributed by atoms with Crippen molar-refractivity contribution in [1.82, 2.24) is 10.2 Å². The molecule has 172 valence electrons. The number of para-hydroxylation sites is 1. The molecule has 5 fully saturated rings. The van der Waals surface area contributed by atoms with E-state index in [0.717, 1.165) is 50.6 Å². The number of fused-ring (bicyclic) bond motifs is 4. The minimum absolute atomic E-state index is 0.000525. The minimum Gasteiger partial charge on any atom is -0.393 e. The van der Waals surface area contributed by atoms with Crippen LogP contribution in [0.1, 0.15) is 75.1 Å². The zero-order valence-corrected chi connectivity index (χ0v) is 19.0. The number of rotatable bonds is 1. The number of hydrogen-bond acceptors (Lipinski definition) is 4. The molecule has 3 N–H and O–H groups in total. The second-order valence-electron chi connectivity index (χ2n) is 11.4. The molecule has 32 heavy (non-hydrogen) atoms. The zero-order chi connectivity index (χ0) is 22.1. The Bertz CT molecular complexity index is 950. The molecule has 4 saturated carbocycles. The molecule has 2 heterocycles. The fraction of sp³-hybridized carbons (Fsp3) is 0.692. The maximum Gasteiger partial charge on any atom is 0.255 e. The number of benzene rings is 1. The van der Waals surface area contributed by atoms with Crippen LogP contribution in [0.5, 0.6) is 0 Å². The molecule has 1 aromatic carbocycles. The summed E-state index contributed by atoms with van der Waals surface area (Å²) < 4.78 is 0. The third-order valence-electron chi connectivity index (χ3n) is 9.59. The molecule has 0 aromatic heterocycles. The van der Waals surface area contributed by atoms with Gasteiger partial charge in [0.2, 0.25) is 5.91 Å². The summed E-state index contributed by atoms with van der Waals surface area (Å²) in [7, 11) is 0. The number of likely N-dealkylation sites (tertiary alicyclic amines) is 1. The molecule has 1 aromatic rings. The molecule has 6 heteroatoms. The summed E-state index contributed by atoms with van der Waals surface area (Å²) in [5.41, 5.74) is 1.01. The van der Waals surface area contributed by atoms with Crippen LogP contribution in [0.25, 0.3) is 0 Å². The Kier molecular flexibility index (Phi) is 4.62. The van der Waals surface area contributed by atoms with Gasteiger partial charge in [0.05, 0.1) is 11.7 Å². The predicted molar refractivity (Wildman–Crippen MR) is 122 cm³/mol. The van der Waals surface area contributed by atoms with E-state index < -0.39 is 5.66 Å². The zero-order valence-electron chi connectivity index (χ0n) is 19.0. The highest BCUT2D eigenvalue weighted by Gasteiger charge is 2.61. The maximum atomic E-state index is 14.0. The topological polar surface area (TPSA) is 81.7 Å². The summed E-state index contributed by atoms with van der Waals surface area (Å²) in [5.74, 6) is 0.790. The van der Waals surface area contributed by atoms with Crippen LogP contribution in [0.2, 0.25) is 0 Å². The van der Waals surface area contributed by atoms with E-state index in [-0.39, 0.29) is 41.2 Å². The fourth-order valence-electron chi connectivity index (χ4n) is 7.93. The summed E-state index contributed by atoms with van der Waals surface area (Å²) in [5, 5.41) is 17.6. The predicted octanol–water partition coefficient (Wildman–Crippen LogP) is 3.52. The van der Waals surface area contributed by atoms with Crippen molar-refractivity contribution in [2.45, 2.75) is 82.5 Å². The molecule has 1 saturated heterocycles. The van der Waals surface area contributed by atoms with Crippen molar-refractivity contribution >= 4 is 17.5 Å². The number of hydrogen-bond donors (Lipinski definition) is 3. The number of carbonyl (C=O) groups is 2. The van der Waals surface area contributed by atoms with Gasteiger partial charge >= 0.3 is 0 Å². The lowest BCUT2D eigenvalue weighted by molar-refractivity contribution is -0.160. The number of nitrogens with zero attached hydrogens (tertiary/aromatic N) is 1. The molecular weight excluding hydrogens is 402 g/mol. The van der Waals surface area contributed by atoms with E-state index >= 15 is 0 Å². The van der Waals surface area contributed by atoms with Crippen LogP contribution in [0, 0.1) is 23.2 Å². The minimum atomic E-state index is -0.458. The number of nitrogens with one attached hydrogen (secondary N) is 2. The number of aliphatic hydroxyl groups excluding tert-OH is 1. The molecule has 0 radical (unpaired) electrons. The Morgan fingerprint density at radius 1 is 1.12 bits per heavy atom. The fourth-order valence-corrected chi connectivity index (χ4v) is 7.93. The first-order chi connectivity index (χ1) is 15.4. The molecule has 0 unspecified atom stereocenters. The van der Waals surface area contributed by atoms with Crippen LogP contribution in [-0.2, 0) is 4.79 Å². The van der Waals surface area contributed by atoms with Gasteiger partial charge in [-0.15, -0.1) is 0 Å². The van der Waals surface area contributed by atoms with Crippen LogP contribution >= 0.6 is 0 Å². The van der Waals surface area contributed by atoms with Crippen molar-refractivity contribution in [2.24, 2.45) is 23.2 Å². The molecule has 7 atom stereocenters. The molecule has 2 aliphatic heterocycles. The van der Waals surface area contributed by atoms with Gasteiger partial charge in [-0.05, 0) is 62.5 Å². The van der Waals surface area contributed by atoms with E-state index in [1.165, 1.54) is 6.42 Å². The molecular formula is C26H35N3O3. The Balaban J connectivity index is 1.26. The number of aliphatic hydroxyl groups is 1. The molecule has 2 amide bonds. The molecule has 4 aliphatic carbocycles.